The van der Waals surface area contributed by atoms with Crippen LogP contribution < -0.4 is 33.0 Å². The van der Waals surface area contributed by atoms with E-state index in [0.29, 0.717) is 0 Å². The summed E-state index contributed by atoms with van der Waals surface area (Å²) in [6.45, 7) is 0. The summed E-state index contributed by atoms with van der Waals surface area (Å²) >= 11 is 0. The minimum Gasteiger partial charge on any atom is -1.00 e. The first-order valence-electron chi connectivity index (χ1n) is 9.18. The van der Waals surface area contributed by atoms with E-state index in [4.69, 9.17) is 0 Å². The van der Waals surface area contributed by atoms with Crippen LogP contribution in [0.25, 0.3) is 0 Å². The number of hydrogen-bond donors (Lipinski definition) is 0. The molecule has 0 aromatic heterocycles. The maximum atomic E-state index is 2.49. The first-order valence-corrected chi connectivity index (χ1v) is 10.9. The van der Waals surface area contributed by atoms with Gasteiger partial charge in [0.2, 0.25) is 7.41 Å². The molecule has 4 aromatic carbocycles. The van der Waals surface area contributed by atoms with Crippen molar-refractivity contribution < 1.29 is 12.4 Å². The van der Waals surface area contributed by atoms with Crippen LogP contribution >= 0.6 is 7.41 Å². The van der Waals surface area contributed by atoms with E-state index in [9.17, 15) is 0 Å². The Morgan fingerprint density at radius 1 is 0.464 bits per heavy atom. The monoisotopic (exact) mass is 403 g/mol. The second-order valence-electron chi connectivity index (χ2n) is 6.50. The zero-order valence-corrected chi connectivity index (χ0v) is 17.5. The number of anilines is 1. The van der Waals surface area contributed by atoms with Crippen LogP contribution in [0.4, 0.5) is 5.69 Å². The van der Waals surface area contributed by atoms with Crippen molar-refractivity contribution in [1.29, 1.82) is 0 Å². The van der Waals surface area contributed by atoms with Crippen molar-refractivity contribution in [2.24, 2.45) is 0 Å². The predicted molar refractivity (Wildman–Crippen MR) is 120 cm³/mol. The van der Waals surface area contributed by atoms with Crippen LogP contribution in [0.2, 0.25) is 0 Å². The first-order chi connectivity index (χ1) is 13.3. The normalized spacial score (nSPS) is 10.8. The Labute approximate surface area is 174 Å². The lowest BCUT2D eigenvalue weighted by molar-refractivity contribution is -0.00000518. The maximum Gasteiger partial charge on any atom is 0.202 e. The number of nitrogens with zero attached hydrogens (tertiary/aromatic N) is 1. The molecule has 0 aliphatic carbocycles. The highest BCUT2D eigenvalue weighted by Gasteiger charge is 2.50. The van der Waals surface area contributed by atoms with Gasteiger partial charge in [0.05, 0.1) is 5.69 Å². The molecule has 0 fully saturated rings. The molecule has 0 atom stereocenters. The lowest BCUT2D eigenvalue weighted by Crippen LogP contribution is -3.00. The molecule has 0 amide bonds. The molecule has 0 aliphatic rings. The molecule has 0 N–H and O–H groups in total. The summed E-state index contributed by atoms with van der Waals surface area (Å²) in [4.78, 5) is 0. The van der Waals surface area contributed by atoms with Crippen LogP contribution in [0.5, 0.6) is 0 Å². The van der Waals surface area contributed by atoms with Crippen LogP contribution in [0.3, 0.4) is 0 Å². The van der Waals surface area contributed by atoms with E-state index in [1.165, 1.54) is 21.6 Å². The van der Waals surface area contributed by atoms with Crippen LogP contribution in [0.1, 0.15) is 0 Å². The summed E-state index contributed by atoms with van der Waals surface area (Å²) in [7, 11) is 0.199. The van der Waals surface area contributed by atoms with Gasteiger partial charge in [0.15, 0.2) is 0 Å². The molecule has 1 nitrogen and oxygen atoms in total. The fourth-order valence-corrected chi connectivity index (χ4v) is 7.94. The minimum atomic E-state index is -2.03. The Balaban J connectivity index is 0.00000225. The SMILES string of the molecule is CN(c1ccccc1)[P+](c1ccccc1)(c1ccccc1)c1ccccc1.[Cl-]. The Hall–Kier alpha value is -2.60. The maximum absolute atomic E-state index is 2.49. The van der Waals surface area contributed by atoms with Gasteiger partial charge >= 0.3 is 0 Å². The molecule has 0 saturated carbocycles. The largest absolute Gasteiger partial charge is 1.00 e. The summed E-state index contributed by atoms with van der Waals surface area (Å²) in [6, 6.07) is 43.5. The zero-order valence-electron chi connectivity index (χ0n) is 15.8. The topological polar surface area (TPSA) is 3.24 Å². The Morgan fingerprint density at radius 2 is 0.750 bits per heavy atom. The van der Waals surface area contributed by atoms with Crippen molar-refractivity contribution in [3.05, 3.63) is 121 Å². The molecule has 4 rings (SSSR count). The van der Waals surface area contributed by atoms with Crippen molar-refractivity contribution >= 4 is 29.0 Å². The van der Waals surface area contributed by atoms with Gasteiger partial charge in [-0.15, -0.1) is 0 Å². The third-order valence-electron chi connectivity index (χ3n) is 4.97. The fourth-order valence-electron chi connectivity index (χ4n) is 3.71. The van der Waals surface area contributed by atoms with Crippen LogP contribution in [0.15, 0.2) is 121 Å². The lowest BCUT2D eigenvalue weighted by Gasteiger charge is -2.35. The third kappa shape index (κ3) is 3.56. The number of para-hydroxylation sites is 1. The van der Waals surface area contributed by atoms with Gasteiger partial charge in [-0.1, -0.05) is 72.8 Å². The summed E-state index contributed by atoms with van der Waals surface area (Å²) < 4.78 is 2.49. The van der Waals surface area contributed by atoms with Gasteiger partial charge in [-0.3, -0.25) is 0 Å². The minimum absolute atomic E-state index is 0. The Kier molecular flexibility index (Phi) is 6.52. The van der Waals surface area contributed by atoms with Gasteiger partial charge in [-0.25, -0.2) is 4.67 Å². The number of benzene rings is 4. The van der Waals surface area contributed by atoms with E-state index in [0.717, 1.165) is 0 Å². The molecule has 0 heterocycles. The molecule has 0 saturated heterocycles. The van der Waals surface area contributed by atoms with Gasteiger partial charge in [0, 0.05) is 7.05 Å². The van der Waals surface area contributed by atoms with Crippen LogP contribution in [0, 0.1) is 0 Å². The van der Waals surface area contributed by atoms with E-state index < -0.39 is 7.41 Å². The van der Waals surface area contributed by atoms with E-state index in [1.807, 2.05) is 0 Å². The van der Waals surface area contributed by atoms with Crippen LogP contribution in [-0.2, 0) is 0 Å². The highest BCUT2D eigenvalue weighted by Crippen LogP contribution is 2.59. The number of hydrogen-bond acceptors (Lipinski definition) is 1. The lowest BCUT2D eigenvalue weighted by atomic mass is 10.3. The molecule has 3 heteroatoms. The summed E-state index contributed by atoms with van der Waals surface area (Å²) in [5.41, 5.74) is 1.22. The molecule has 140 valence electrons. The molecule has 28 heavy (non-hydrogen) atoms. The van der Waals surface area contributed by atoms with Gasteiger partial charge in [0.1, 0.15) is 15.9 Å². The molecular formula is C25H23ClNP. The van der Waals surface area contributed by atoms with E-state index in [2.05, 4.69) is 133 Å². The Morgan fingerprint density at radius 3 is 1.07 bits per heavy atom. The number of rotatable bonds is 5. The molecule has 0 aliphatic heterocycles. The molecule has 0 bridgehead atoms. The highest BCUT2D eigenvalue weighted by molar-refractivity contribution is 7.96. The summed E-state index contributed by atoms with van der Waals surface area (Å²) in [6.07, 6.45) is 0. The average molecular weight is 404 g/mol. The van der Waals surface area contributed by atoms with E-state index in [1.54, 1.807) is 0 Å². The van der Waals surface area contributed by atoms with Gasteiger partial charge in [0.25, 0.3) is 0 Å². The summed E-state index contributed by atoms with van der Waals surface area (Å²) in [5, 5.41) is 4.07. The average Bonchev–Trinajstić information content (AvgIpc) is 2.77. The molecule has 4 aromatic rings. The molecule has 0 spiro atoms. The van der Waals surface area contributed by atoms with Crippen molar-refractivity contribution in [3.63, 3.8) is 0 Å². The quantitative estimate of drug-likeness (QED) is 0.461. The van der Waals surface area contributed by atoms with Crippen molar-refractivity contribution in [2.45, 2.75) is 0 Å². The van der Waals surface area contributed by atoms with Gasteiger partial charge in [-0.2, -0.15) is 0 Å². The standard InChI is InChI=1S/C25H23NP.ClH/c1-26(22-14-6-2-7-15-22)27(23-16-8-3-9-17-23,24-18-10-4-11-19-24)25-20-12-5-13-21-25;/h2-21H,1H3;1H/q+1;/p-1. The highest BCUT2D eigenvalue weighted by atomic mass is 35.5. The second kappa shape index (κ2) is 9.06. The summed E-state index contributed by atoms with van der Waals surface area (Å²) in [5.74, 6) is 0. The predicted octanol–water partition coefficient (Wildman–Crippen LogP) is 2.04. The fraction of sp³-hybridized carbons (Fsp3) is 0.0400. The zero-order chi connectivity index (χ0) is 18.5. The van der Waals surface area contributed by atoms with Gasteiger partial charge < -0.3 is 12.4 Å². The first kappa shape index (κ1) is 20.1. The van der Waals surface area contributed by atoms with Crippen molar-refractivity contribution in [1.82, 2.24) is 0 Å². The molecule has 0 unspecified atom stereocenters. The van der Waals surface area contributed by atoms with Crippen molar-refractivity contribution in [2.75, 3.05) is 11.7 Å². The molecule has 0 radical (unpaired) electrons. The Bertz CT molecular complexity index is 879. The van der Waals surface area contributed by atoms with Gasteiger partial charge in [-0.05, 0) is 48.5 Å². The second-order valence-corrected chi connectivity index (χ2v) is 9.92. The van der Waals surface area contributed by atoms with E-state index in [-0.39, 0.29) is 12.4 Å². The van der Waals surface area contributed by atoms with E-state index >= 15 is 0 Å². The van der Waals surface area contributed by atoms with Crippen molar-refractivity contribution in [3.8, 4) is 0 Å². The number of halogens is 1. The molecular weight excluding hydrogens is 381 g/mol. The van der Waals surface area contributed by atoms with Crippen LogP contribution in [-0.4, -0.2) is 7.05 Å². The third-order valence-corrected chi connectivity index (χ3v) is 9.24. The smallest absolute Gasteiger partial charge is 0.202 e.